The molecular formula is C15H26N2O5S. The zero-order chi connectivity index (χ0) is 17.3. The molecule has 0 radical (unpaired) electrons. The van der Waals surface area contributed by atoms with Gasteiger partial charge in [0.2, 0.25) is 15.9 Å². The van der Waals surface area contributed by atoms with E-state index in [2.05, 4.69) is 12.2 Å². The van der Waals surface area contributed by atoms with Crippen LogP contribution < -0.4 is 5.32 Å². The minimum Gasteiger partial charge on any atom is -0.480 e. The summed E-state index contributed by atoms with van der Waals surface area (Å²) in [5.74, 6) is -1.34. The largest absolute Gasteiger partial charge is 0.480 e. The number of hydrogen-bond donors (Lipinski definition) is 2. The van der Waals surface area contributed by atoms with Gasteiger partial charge in [-0.05, 0) is 44.4 Å². The molecule has 0 spiro atoms. The van der Waals surface area contributed by atoms with Gasteiger partial charge in [0, 0.05) is 13.1 Å². The number of hydrogen-bond acceptors (Lipinski definition) is 4. The Hall–Kier alpha value is -1.15. The van der Waals surface area contributed by atoms with Gasteiger partial charge in [-0.2, -0.15) is 0 Å². The lowest BCUT2D eigenvalue weighted by Crippen LogP contribution is -2.58. The van der Waals surface area contributed by atoms with Crippen LogP contribution in [0.5, 0.6) is 0 Å². The second kappa shape index (κ2) is 6.76. The van der Waals surface area contributed by atoms with Crippen LogP contribution in [0.1, 0.15) is 45.4 Å². The van der Waals surface area contributed by atoms with E-state index in [1.54, 1.807) is 0 Å². The van der Waals surface area contributed by atoms with Crippen molar-refractivity contribution in [2.75, 3.05) is 19.3 Å². The van der Waals surface area contributed by atoms with E-state index in [0.29, 0.717) is 38.1 Å². The van der Waals surface area contributed by atoms with Crippen LogP contribution in [-0.2, 0) is 19.6 Å². The maximum absolute atomic E-state index is 12.5. The molecule has 1 aliphatic heterocycles. The quantitative estimate of drug-likeness (QED) is 0.784. The van der Waals surface area contributed by atoms with Crippen LogP contribution >= 0.6 is 0 Å². The molecule has 0 aromatic carbocycles. The number of aliphatic carboxylic acids is 1. The van der Waals surface area contributed by atoms with Crippen LogP contribution in [0.15, 0.2) is 0 Å². The molecule has 2 fully saturated rings. The fourth-order valence-corrected chi connectivity index (χ4v) is 4.35. The summed E-state index contributed by atoms with van der Waals surface area (Å²) in [5, 5.41) is 12.3. The van der Waals surface area contributed by atoms with Crippen molar-refractivity contribution in [2.45, 2.75) is 51.0 Å². The standard InChI is InChI=1S/C15H26N2O5S/c1-11-5-7-15(8-6-11,14(19)20)16-13(18)12-4-3-9-17(10-12)23(2,21)22/h11-12H,3-10H2,1-2H3,(H,16,18)(H,19,20)/t11?,12-,15?/m0/s1. The van der Waals surface area contributed by atoms with E-state index < -0.39 is 27.4 Å². The number of carboxylic acids is 1. The van der Waals surface area contributed by atoms with Gasteiger partial charge in [-0.25, -0.2) is 17.5 Å². The molecular weight excluding hydrogens is 320 g/mol. The molecule has 23 heavy (non-hydrogen) atoms. The van der Waals surface area contributed by atoms with Gasteiger partial charge in [-0.3, -0.25) is 4.79 Å². The molecule has 2 rings (SSSR count). The third-order valence-corrected chi connectivity index (χ3v) is 6.39. The van der Waals surface area contributed by atoms with Gasteiger partial charge < -0.3 is 10.4 Å². The monoisotopic (exact) mass is 346 g/mol. The summed E-state index contributed by atoms with van der Waals surface area (Å²) in [6.45, 7) is 2.64. The highest BCUT2D eigenvalue weighted by atomic mass is 32.2. The number of nitrogens with one attached hydrogen (secondary N) is 1. The zero-order valence-electron chi connectivity index (χ0n) is 13.7. The number of carboxylic acid groups (broad SMARTS) is 1. The minimum atomic E-state index is -3.33. The average molecular weight is 346 g/mol. The summed E-state index contributed by atoms with van der Waals surface area (Å²) in [5.41, 5.74) is -1.20. The lowest BCUT2D eigenvalue weighted by atomic mass is 9.76. The molecule has 1 heterocycles. The molecule has 7 nitrogen and oxygen atoms in total. The van der Waals surface area contributed by atoms with Gasteiger partial charge in [0.05, 0.1) is 12.2 Å². The van der Waals surface area contributed by atoms with E-state index in [-0.39, 0.29) is 12.5 Å². The molecule has 0 aromatic rings. The van der Waals surface area contributed by atoms with Crippen molar-refractivity contribution < 1.29 is 23.1 Å². The van der Waals surface area contributed by atoms with Crippen molar-refractivity contribution in [3.63, 3.8) is 0 Å². The van der Waals surface area contributed by atoms with Crippen molar-refractivity contribution in [1.82, 2.24) is 9.62 Å². The summed E-state index contributed by atoms with van der Waals surface area (Å²) in [6.07, 6.45) is 4.73. The Morgan fingerprint density at radius 3 is 2.35 bits per heavy atom. The lowest BCUT2D eigenvalue weighted by molar-refractivity contribution is -0.150. The number of amides is 1. The Morgan fingerprint density at radius 2 is 1.83 bits per heavy atom. The van der Waals surface area contributed by atoms with Gasteiger partial charge in [0.15, 0.2) is 0 Å². The molecule has 1 saturated heterocycles. The van der Waals surface area contributed by atoms with Crippen LogP contribution in [0.25, 0.3) is 0 Å². The fraction of sp³-hybridized carbons (Fsp3) is 0.867. The lowest BCUT2D eigenvalue weighted by Gasteiger charge is -2.38. The molecule has 1 atom stereocenters. The van der Waals surface area contributed by atoms with Crippen LogP contribution in [-0.4, -0.2) is 54.6 Å². The maximum Gasteiger partial charge on any atom is 0.329 e. The van der Waals surface area contributed by atoms with Crippen molar-refractivity contribution in [1.29, 1.82) is 0 Å². The number of carbonyl (C=O) groups is 2. The predicted molar refractivity (Wildman–Crippen MR) is 85.3 cm³/mol. The van der Waals surface area contributed by atoms with Gasteiger partial charge in [0.25, 0.3) is 0 Å². The Bertz CT molecular complexity index is 566. The average Bonchev–Trinajstić information content (AvgIpc) is 2.49. The summed E-state index contributed by atoms with van der Waals surface area (Å²) >= 11 is 0. The van der Waals surface area contributed by atoms with Gasteiger partial charge in [0.1, 0.15) is 5.54 Å². The molecule has 0 unspecified atom stereocenters. The Labute approximate surface area is 137 Å². The third-order valence-electron chi connectivity index (χ3n) is 5.12. The summed E-state index contributed by atoms with van der Waals surface area (Å²) in [4.78, 5) is 24.2. The first-order valence-corrected chi connectivity index (χ1v) is 9.99. The molecule has 8 heteroatoms. The highest BCUT2D eigenvalue weighted by molar-refractivity contribution is 7.88. The first-order valence-electron chi connectivity index (χ1n) is 8.14. The first-order chi connectivity index (χ1) is 10.6. The van der Waals surface area contributed by atoms with Crippen molar-refractivity contribution in [2.24, 2.45) is 11.8 Å². The molecule has 1 aliphatic carbocycles. The predicted octanol–water partition coefficient (Wildman–Crippen LogP) is 0.808. The number of rotatable bonds is 4. The Balaban J connectivity index is 2.06. The molecule has 0 aromatic heterocycles. The molecule has 1 saturated carbocycles. The molecule has 2 N–H and O–H groups in total. The highest BCUT2D eigenvalue weighted by Gasteiger charge is 2.44. The second-order valence-electron chi connectivity index (χ2n) is 7.02. The molecule has 132 valence electrons. The van der Waals surface area contributed by atoms with E-state index >= 15 is 0 Å². The number of carbonyl (C=O) groups excluding carboxylic acids is 1. The van der Waals surface area contributed by atoms with Crippen LogP contribution in [0.3, 0.4) is 0 Å². The third kappa shape index (κ3) is 4.23. The minimum absolute atomic E-state index is 0.136. The molecule has 0 bridgehead atoms. The second-order valence-corrected chi connectivity index (χ2v) is 9.00. The number of sulfonamides is 1. The van der Waals surface area contributed by atoms with Crippen LogP contribution in [0.2, 0.25) is 0 Å². The molecule has 2 aliphatic rings. The fourth-order valence-electron chi connectivity index (χ4n) is 3.44. The SMILES string of the molecule is CC1CCC(NC(=O)[C@H]2CCCN(S(C)(=O)=O)C2)(C(=O)O)CC1. The smallest absolute Gasteiger partial charge is 0.329 e. The van der Waals surface area contributed by atoms with Crippen molar-refractivity contribution >= 4 is 21.9 Å². The van der Waals surface area contributed by atoms with E-state index in [0.717, 1.165) is 19.1 Å². The van der Waals surface area contributed by atoms with Gasteiger partial charge in [-0.1, -0.05) is 6.92 Å². The van der Waals surface area contributed by atoms with Crippen LogP contribution in [0.4, 0.5) is 0 Å². The van der Waals surface area contributed by atoms with E-state index in [9.17, 15) is 23.1 Å². The van der Waals surface area contributed by atoms with Gasteiger partial charge >= 0.3 is 5.97 Å². The van der Waals surface area contributed by atoms with Crippen molar-refractivity contribution in [3.8, 4) is 0 Å². The van der Waals surface area contributed by atoms with Crippen LogP contribution in [0, 0.1) is 11.8 Å². The summed E-state index contributed by atoms with van der Waals surface area (Å²) in [6, 6.07) is 0. The Morgan fingerprint density at radius 1 is 1.22 bits per heavy atom. The van der Waals surface area contributed by atoms with E-state index in [1.165, 1.54) is 4.31 Å². The normalized spacial score (nSPS) is 33.1. The Kier molecular flexibility index (Phi) is 5.35. The topological polar surface area (TPSA) is 104 Å². The number of nitrogens with zero attached hydrogens (tertiary/aromatic N) is 1. The maximum atomic E-state index is 12.5. The van der Waals surface area contributed by atoms with E-state index in [1.807, 2.05) is 0 Å². The first kappa shape index (κ1) is 18.2. The zero-order valence-corrected chi connectivity index (χ0v) is 14.6. The highest BCUT2D eigenvalue weighted by Crippen LogP contribution is 2.33. The molecule has 1 amide bonds. The van der Waals surface area contributed by atoms with Crippen molar-refractivity contribution in [3.05, 3.63) is 0 Å². The summed E-state index contributed by atoms with van der Waals surface area (Å²) in [7, 11) is -3.33. The summed E-state index contributed by atoms with van der Waals surface area (Å²) < 4.78 is 24.6. The van der Waals surface area contributed by atoms with Gasteiger partial charge in [-0.15, -0.1) is 0 Å². The number of piperidine rings is 1. The van der Waals surface area contributed by atoms with E-state index in [4.69, 9.17) is 0 Å².